The first-order valence-electron chi connectivity index (χ1n) is 19.7. The summed E-state index contributed by atoms with van der Waals surface area (Å²) in [6.45, 7) is 0. The Morgan fingerprint density at radius 2 is 0.897 bits per heavy atom. The number of anilines is 3. The van der Waals surface area contributed by atoms with Crippen LogP contribution in [0.3, 0.4) is 0 Å². The van der Waals surface area contributed by atoms with E-state index in [1.165, 1.54) is 44.5 Å². The summed E-state index contributed by atoms with van der Waals surface area (Å²) in [6, 6.07) is 77.9. The molecule has 11 rings (SSSR count). The van der Waals surface area contributed by atoms with Gasteiger partial charge >= 0.3 is 0 Å². The average molecular weight is 762 g/mol. The highest BCUT2D eigenvalue weighted by Gasteiger charge is 2.46. The van der Waals surface area contributed by atoms with Gasteiger partial charge in [0.05, 0.1) is 5.41 Å². The lowest BCUT2D eigenvalue weighted by Gasteiger charge is -2.34. The molecule has 3 heteroatoms. The molecule has 0 amide bonds. The Morgan fingerprint density at radius 1 is 0.362 bits per heavy atom. The summed E-state index contributed by atoms with van der Waals surface area (Å²) < 4.78 is 6.38. The molecule has 0 radical (unpaired) electrons. The molecule has 1 aliphatic rings. The van der Waals surface area contributed by atoms with Gasteiger partial charge in [0.15, 0.2) is 0 Å². The second-order valence-electron chi connectivity index (χ2n) is 15.0. The number of hydrogen-bond donors (Lipinski definition) is 0. The lowest BCUT2D eigenvalue weighted by molar-refractivity contribution is 0.669. The summed E-state index contributed by atoms with van der Waals surface area (Å²) in [5, 5.41) is 2.94. The van der Waals surface area contributed by atoms with Crippen LogP contribution in [-0.4, -0.2) is 0 Å². The molecule has 0 fully saturated rings. The van der Waals surface area contributed by atoms with Crippen molar-refractivity contribution in [2.75, 3.05) is 4.90 Å². The molecule has 0 aliphatic heterocycles. The van der Waals surface area contributed by atoms with Gasteiger partial charge in [-0.3, -0.25) is 0 Å². The third-order valence-corrected chi connectivity index (χ3v) is 12.1. The van der Waals surface area contributed by atoms with Crippen molar-refractivity contribution in [3.05, 3.63) is 246 Å². The molecule has 2 nitrogen and oxygen atoms in total. The largest absolute Gasteiger partial charge is 0.456 e. The summed E-state index contributed by atoms with van der Waals surface area (Å²) in [6.07, 6.45) is 0. The third kappa shape index (κ3) is 5.41. The minimum atomic E-state index is -0.508. The van der Waals surface area contributed by atoms with Crippen LogP contribution in [0.15, 0.2) is 223 Å². The van der Waals surface area contributed by atoms with Crippen LogP contribution < -0.4 is 4.90 Å². The Balaban J connectivity index is 1.05. The first kappa shape index (κ1) is 34.1. The Bertz CT molecular complexity index is 3060. The van der Waals surface area contributed by atoms with Gasteiger partial charge in [-0.1, -0.05) is 169 Å². The maximum absolute atomic E-state index is 7.32. The smallest absolute Gasteiger partial charge is 0.137 e. The van der Waals surface area contributed by atoms with Crippen molar-refractivity contribution in [1.82, 2.24) is 0 Å². The van der Waals surface area contributed by atoms with Crippen LogP contribution in [0, 0.1) is 0 Å². The Kier molecular flexibility index (Phi) is 8.13. The average Bonchev–Trinajstić information content (AvgIpc) is 3.80. The fraction of sp³-hybridized carbons (Fsp3) is 0.0182. The van der Waals surface area contributed by atoms with Crippen molar-refractivity contribution in [1.29, 1.82) is 0 Å². The monoisotopic (exact) mass is 761 g/mol. The summed E-state index contributed by atoms with van der Waals surface area (Å²) in [4.78, 5) is 2.29. The van der Waals surface area contributed by atoms with Crippen LogP contribution in [0.4, 0.5) is 17.1 Å². The third-order valence-electron chi connectivity index (χ3n) is 11.8. The molecule has 58 heavy (non-hydrogen) atoms. The molecule has 1 aliphatic carbocycles. The second-order valence-corrected chi connectivity index (χ2v) is 15.4. The SMILES string of the molecule is Clc1cc2c(cc1-c1ccc(N(c3ccc(-c4ccccc4)cc3)c3ccc4c(c3)oc3ccccc34)cc1)C(c1ccccc1)(c1ccccc1)c1ccccc1-2. The first-order chi connectivity index (χ1) is 28.7. The van der Waals surface area contributed by atoms with Gasteiger partial charge in [0.1, 0.15) is 11.2 Å². The summed E-state index contributed by atoms with van der Waals surface area (Å²) in [5.74, 6) is 0. The predicted molar refractivity (Wildman–Crippen MR) is 242 cm³/mol. The zero-order chi connectivity index (χ0) is 38.6. The van der Waals surface area contributed by atoms with E-state index < -0.39 is 5.41 Å². The minimum absolute atomic E-state index is 0.508. The molecule has 274 valence electrons. The van der Waals surface area contributed by atoms with Gasteiger partial charge in [0.25, 0.3) is 0 Å². The van der Waals surface area contributed by atoms with Crippen LogP contribution in [0.5, 0.6) is 0 Å². The number of para-hydroxylation sites is 1. The van der Waals surface area contributed by atoms with Crippen LogP contribution in [0.2, 0.25) is 5.02 Å². The number of nitrogens with zero attached hydrogens (tertiary/aromatic N) is 1. The maximum atomic E-state index is 7.32. The fourth-order valence-corrected chi connectivity index (χ4v) is 9.48. The molecular formula is C55H36ClNO. The van der Waals surface area contributed by atoms with Gasteiger partial charge in [-0.2, -0.15) is 0 Å². The Labute approximate surface area is 342 Å². The number of benzene rings is 9. The van der Waals surface area contributed by atoms with Crippen molar-refractivity contribution in [3.63, 3.8) is 0 Å². The van der Waals surface area contributed by atoms with Crippen molar-refractivity contribution >= 4 is 50.6 Å². The van der Waals surface area contributed by atoms with E-state index in [1.54, 1.807) is 0 Å². The van der Waals surface area contributed by atoms with E-state index in [9.17, 15) is 0 Å². The van der Waals surface area contributed by atoms with Gasteiger partial charge in [0.2, 0.25) is 0 Å². The normalized spacial score (nSPS) is 12.7. The van der Waals surface area contributed by atoms with Crippen LogP contribution in [0.1, 0.15) is 22.3 Å². The number of rotatable bonds is 7. The van der Waals surface area contributed by atoms with Gasteiger partial charge in [-0.25, -0.2) is 0 Å². The van der Waals surface area contributed by atoms with Crippen LogP contribution >= 0.6 is 11.6 Å². The summed E-state index contributed by atoms with van der Waals surface area (Å²) in [5.41, 5.74) is 16.1. The lowest BCUT2D eigenvalue weighted by atomic mass is 9.67. The molecule has 0 unspecified atom stereocenters. The highest BCUT2D eigenvalue weighted by Crippen LogP contribution is 2.57. The molecule has 0 spiro atoms. The second kappa shape index (κ2) is 13.8. The van der Waals surface area contributed by atoms with E-state index in [0.717, 1.165) is 55.2 Å². The number of fused-ring (bicyclic) bond motifs is 6. The molecule has 1 heterocycles. The molecule has 10 aromatic rings. The highest BCUT2D eigenvalue weighted by molar-refractivity contribution is 6.34. The van der Waals surface area contributed by atoms with Crippen LogP contribution in [0.25, 0.3) is 55.3 Å². The van der Waals surface area contributed by atoms with Crippen molar-refractivity contribution in [2.45, 2.75) is 5.41 Å². The molecule has 9 aromatic carbocycles. The molecular weight excluding hydrogens is 726 g/mol. The molecule has 1 aromatic heterocycles. The van der Waals surface area contributed by atoms with E-state index in [0.29, 0.717) is 0 Å². The fourth-order valence-electron chi connectivity index (χ4n) is 9.21. The molecule has 0 bridgehead atoms. The van der Waals surface area contributed by atoms with Crippen molar-refractivity contribution in [2.24, 2.45) is 0 Å². The Morgan fingerprint density at radius 3 is 1.59 bits per heavy atom. The minimum Gasteiger partial charge on any atom is -0.456 e. The Hall–Kier alpha value is -7.13. The molecule has 0 N–H and O–H groups in total. The predicted octanol–water partition coefficient (Wildman–Crippen LogP) is 15.4. The topological polar surface area (TPSA) is 16.4 Å². The quantitative estimate of drug-likeness (QED) is 0.161. The maximum Gasteiger partial charge on any atom is 0.137 e. The van der Waals surface area contributed by atoms with E-state index in [4.69, 9.17) is 16.0 Å². The molecule has 0 saturated carbocycles. The standard InChI is InChI=1S/C55H36ClNO/c56-52-36-49-45-20-10-12-22-50(45)55(40-16-6-2-7-17-40,41-18-8-3-9-19-41)51(49)35-48(52)39-26-30-43(31-27-39)57(42-28-24-38(25-29-42)37-14-4-1-5-15-37)44-32-33-47-46-21-11-13-23-53(46)58-54(47)34-44/h1-36H. The first-order valence-corrected chi connectivity index (χ1v) is 20.1. The van der Waals surface area contributed by atoms with Gasteiger partial charge in [0, 0.05) is 44.5 Å². The lowest BCUT2D eigenvalue weighted by Crippen LogP contribution is -2.28. The van der Waals surface area contributed by atoms with E-state index in [2.05, 4.69) is 211 Å². The molecule has 0 saturated heterocycles. The van der Waals surface area contributed by atoms with Gasteiger partial charge < -0.3 is 9.32 Å². The van der Waals surface area contributed by atoms with E-state index in [-0.39, 0.29) is 0 Å². The summed E-state index contributed by atoms with van der Waals surface area (Å²) >= 11 is 7.32. The summed E-state index contributed by atoms with van der Waals surface area (Å²) in [7, 11) is 0. The van der Waals surface area contributed by atoms with E-state index >= 15 is 0 Å². The highest BCUT2D eigenvalue weighted by atomic mass is 35.5. The van der Waals surface area contributed by atoms with Crippen molar-refractivity contribution < 1.29 is 4.42 Å². The van der Waals surface area contributed by atoms with Gasteiger partial charge in [-0.15, -0.1) is 0 Å². The van der Waals surface area contributed by atoms with Crippen molar-refractivity contribution in [3.8, 4) is 33.4 Å². The van der Waals surface area contributed by atoms with E-state index in [1.807, 2.05) is 12.1 Å². The zero-order valence-corrected chi connectivity index (χ0v) is 32.3. The number of halogens is 1. The number of furan rings is 1. The molecule has 0 atom stereocenters. The zero-order valence-electron chi connectivity index (χ0n) is 31.5. The van der Waals surface area contributed by atoms with Gasteiger partial charge in [-0.05, 0) is 105 Å². The van der Waals surface area contributed by atoms with Crippen LogP contribution in [-0.2, 0) is 5.41 Å². The number of hydrogen-bond acceptors (Lipinski definition) is 2.